The molecule has 26 nitrogen and oxygen atoms in total. The Morgan fingerprint density at radius 2 is 1.00 bits per heavy atom. The lowest BCUT2D eigenvalue weighted by atomic mass is 9.93. The van der Waals surface area contributed by atoms with Gasteiger partial charge < -0.3 is 70.3 Å². The first-order valence-electron chi connectivity index (χ1n) is 35.2. The van der Waals surface area contributed by atoms with Crippen LogP contribution in [0.1, 0.15) is 139 Å². The van der Waals surface area contributed by atoms with E-state index in [1.807, 2.05) is 54.5 Å². The number of rotatable bonds is 18. The molecule has 12 amide bonds. The van der Waals surface area contributed by atoms with Crippen LogP contribution < -0.4 is 21.3 Å². The van der Waals surface area contributed by atoms with E-state index in [4.69, 9.17) is 4.74 Å². The smallest absolute Gasteiger partial charge is 0.247 e. The Morgan fingerprint density at radius 1 is 0.515 bits per heavy atom. The zero-order valence-electron chi connectivity index (χ0n) is 62.1. The van der Waals surface area contributed by atoms with Gasteiger partial charge in [-0.05, 0) is 86.2 Å². The minimum atomic E-state index is -1.52. The molecule has 552 valence electrons. The largest absolute Gasteiger partial charge is 0.394 e. The van der Waals surface area contributed by atoms with Crippen LogP contribution in [0.25, 0.3) is 0 Å². The summed E-state index contributed by atoms with van der Waals surface area (Å²) in [6.07, 6.45) is 2.15. The molecule has 2 aliphatic rings. The summed E-state index contributed by atoms with van der Waals surface area (Å²) in [6, 6.07) is 4.77. The minimum absolute atomic E-state index is 0.0218. The minimum Gasteiger partial charge on any atom is -0.394 e. The van der Waals surface area contributed by atoms with Crippen molar-refractivity contribution < 1.29 is 67.4 Å². The summed E-state index contributed by atoms with van der Waals surface area (Å²) < 4.78 is 5.67. The number of amides is 12. The Bertz CT molecular complexity index is 3040. The van der Waals surface area contributed by atoms with Crippen molar-refractivity contribution >= 4 is 70.9 Å². The maximum absolute atomic E-state index is 15.5. The molecule has 0 aromatic heterocycles. The van der Waals surface area contributed by atoms with Crippen LogP contribution >= 0.6 is 0 Å². The molecule has 2 saturated heterocycles. The Labute approximate surface area is 587 Å². The van der Waals surface area contributed by atoms with Crippen molar-refractivity contribution in [1.82, 2.24) is 60.5 Å². The fraction of sp³-hybridized carbons (Fsp3) is 0.671. The monoisotopic (exact) mass is 1380 g/mol. The Morgan fingerprint density at radius 3 is 1.53 bits per heavy atom. The molecule has 2 aromatic carbocycles. The maximum Gasteiger partial charge on any atom is 0.247 e. The van der Waals surface area contributed by atoms with E-state index in [1.54, 1.807) is 80.3 Å². The zero-order chi connectivity index (χ0) is 74.3. The van der Waals surface area contributed by atoms with Gasteiger partial charge in [0.2, 0.25) is 70.9 Å². The van der Waals surface area contributed by atoms with Crippen molar-refractivity contribution in [3.8, 4) is 0 Å². The Hall–Kier alpha value is -8.00. The van der Waals surface area contributed by atoms with Crippen molar-refractivity contribution in [2.45, 2.75) is 201 Å². The predicted molar refractivity (Wildman–Crippen MR) is 376 cm³/mol. The molecule has 2 aromatic rings. The normalized spacial score (nSPS) is 25.2. The molecule has 0 spiro atoms. The van der Waals surface area contributed by atoms with Crippen LogP contribution in [0.2, 0.25) is 0 Å². The van der Waals surface area contributed by atoms with Crippen LogP contribution in [0.5, 0.6) is 0 Å². The molecule has 2 aliphatic heterocycles. The molecule has 4 rings (SSSR count). The quantitative estimate of drug-likeness (QED) is 0.134. The maximum atomic E-state index is 15.5. The predicted octanol–water partition coefficient (Wildman–Crippen LogP) is 3.12. The highest BCUT2D eigenvalue weighted by Gasteiger charge is 2.44. The molecule has 2 heterocycles. The Kier molecular flexibility index (Phi) is 33.5. The van der Waals surface area contributed by atoms with Gasteiger partial charge in [-0.3, -0.25) is 57.5 Å². The molecule has 0 unspecified atom stereocenters. The first kappa shape index (κ1) is 83.4. The van der Waals surface area contributed by atoms with Gasteiger partial charge in [0.1, 0.15) is 60.4 Å². The highest BCUT2D eigenvalue weighted by atomic mass is 16.5. The summed E-state index contributed by atoms with van der Waals surface area (Å²) >= 11 is 0. The number of carbonyl (C=O) groups excluding carboxylic acids is 12. The molecule has 26 heteroatoms. The summed E-state index contributed by atoms with van der Waals surface area (Å²) in [6.45, 7) is 18.6. The molecular formula is C73H116N12O14. The fourth-order valence-corrected chi connectivity index (χ4v) is 12.6. The molecule has 0 radical (unpaired) electrons. The van der Waals surface area contributed by atoms with E-state index in [1.165, 1.54) is 80.8 Å². The van der Waals surface area contributed by atoms with Gasteiger partial charge in [-0.15, -0.1) is 0 Å². The fourth-order valence-electron chi connectivity index (χ4n) is 12.6. The van der Waals surface area contributed by atoms with Gasteiger partial charge in [0, 0.05) is 75.3 Å². The third kappa shape index (κ3) is 23.8. The van der Waals surface area contributed by atoms with Gasteiger partial charge in [-0.2, -0.15) is 0 Å². The number of likely N-dealkylation sites (N-methyl/N-ethyl adjacent to an activating group) is 7. The third-order valence-electron chi connectivity index (χ3n) is 19.1. The number of nitrogens with zero attached hydrogens (tertiary/aromatic N) is 8. The topological polar surface area (TPSA) is 308 Å². The van der Waals surface area contributed by atoms with Crippen LogP contribution in [-0.4, -0.2) is 264 Å². The van der Waals surface area contributed by atoms with Crippen LogP contribution in [-0.2, 0) is 75.1 Å². The van der Waals surface area contributed by atoms with Crippen molar-refractivity contribution in [3.63, 3.8) is 0 Å². The highest BCUT2D eigenvalue weighted by molar-refractivity contribution is 6.00. The number of aliphatic hydroxyl groups excluding tert-OH is 1. The number of aliphatic hydroxyl groups is 1. The second-order valence-corrected chi connectivity index (χ2v) is 28.6. The molecule has 0 saturated carbocycles. The van der Waals surface area contributed by atoms with Gasteiger partial charge in [0.15, 0.2) is 0 Å². The average Bonchev–Trinajstić information content (AvgIpc) is 0.812. The van der Waals surface area contributed by atoms with Crippen molar-refractivity contribution in [1.29, 1.82) is 0 Å². The van der Waals surface area contributed by atoms with E-state index < -0.39 is 169 Å². The van der Waals surface area contributed by atoms with E-state index in [2.05, 4.69) is 21.3 Å². The standard InChI is InChI=1S/C73H116N12O14/c1-19-49(10)63-67(92)77-62(48(8)9)73(98)78(12)43-61(88)80(14)56(38-46(4)5)65(90)75-54(70(95)85-33-27-22-28-34-85)42-60(87)79(13)50(11)64(89)76-55(44-99-36-35-86)69(94)82(16)58(39-47(6)7)71(96)81(15)57(40-51-29-23-20-24-30-51)66(91)74-53(37-45(2)3)68(93)83(17)59(72(97)84(63)18)41-52-31-25-21-26-32-52/h20-21,23-26,29-32,45-50,53-59,62-63,86H,19,22,27-28,33-44H2,1-18H3,(H,74,91)(H,75,90)(H,76,89)(H,77,92)/t49-,50-,53-,54-,55-,56-,57-,58-,59-,62-,63-/m0/s1. The first-order chi connectivity index (χ1) is 46.6. The van der Waals surface area contributed by atoms with E-state index in [9.17, 15) is 33.9 Å². The number of ether oxygens (including phenoxy) is 1. The van der Waals surface area contributed by atoms with Crippen molar-refractivity contribution in [2.24, 2.45) is 29.6 Å². The average molecular weight is 1390 g/mol. The van der Waals surface area contributed by atoms with Crippen LogP contribution in [0.15, 0.2) is 60.7 Å². The SMILES string of the molecule is CC[C@H](C)[C@H]1C(=O)N[C@@H](C(C)C)C(=O)N(C)CC(=O)N(C)[C@@H](CC(C)C)C(=O)N[C@H](C(=O)N2CCCCC2)CC(=O)N(C)[C@@H](C)C(=O)N[C@@H](COCCO)C(=O)N(C)[C@@H](CC(C)C)C(=O)N(C)[C@@H](Cc2ccccc2)C(=O)N[C@@H](CC(C)C)C(=O)N(C)[C@@H](Cc2ccccc2)C(=O)N1C. The number of nitrogens with one attached hydrogen (secondary N) is 4. The molecule has 0 aliphatic carbocycles. The third-order valence-corrected chi connectivity index (χ3v) is 19.1. The molecular weight excluding hydrogens is 1270 g/mol. The van der Waals surface area contributed by atoms with Crippen LogP contribution in [0.3, 0.4) is 0 Å². The van der Waals surface area contributed by atoms with E-state index in [0.717, 1.165) is 16.2 Å². The summed E-state index contributed by atoms with van der Waals surface area (Å²) in [5, 5.41) is 21.1. The van der Waals surface area contributed by atoms with Crippen molar-refractivity contribution in [3.05, 3.63) is 71.8 Å². The number of piperidine rings is 1. The summed E-state index contributed by atoms with van der Waals surface area (Å²) in [5.74, 6) is -10.1. The lowest BCUT2D eigenvalue weighted by Gasteiger charge is -2.39. The number of benzene rings is 2. The second kappa shape index (κ2) is 39.7. The first-order valence-corrected chi connectivity index (χ1v) is 35.2. The van der Waals surface area contributed by atoms with Gasteiger partial charge in [-0.1, -0.05) is 136 Å². The number of hydrogen-bond acceptors (Lipinski definition) is 14. The summed E-state index contributed by atoms with van der Waals surface area (Å²) in [5.41, 5.74) is 1.33. The van der Waals surface area contributed by atoms with Gasteiger partial charge in [0.05, 0.1) is 32.8 Å². The van der Waals surface area contributed by atoms with Crippen molar-refractivity contribution in [2.75, 3.05) is 88.8 Å². The van der Waals surface area contributed by atoms with Crippen LogP contribution in [0, 0.1) is 29.6 Å². The molecule has 2 fully saturated rings. The Balaban J connectivity index is 1.98. The molecule has 99 heavy (non-hydrogen) atoms. The lowest BCUT2D eigenvalue weighted by Crippen LogP contribution is -2.62. The summed E-state index contributed by atoms with van der Waals surface area (Å²) in [4.78, 5) is 189. The summed E-state index contributed by atoms with van der Waals surface area (Å²) in [7, 11) is 9.88. The van der Waals surface area contributed by atoms with Gasteiger partial charge >= 0.3 is 0 Å². The molecule has 5 N–H and O–H groups in total. The zero-order valence-corrected chi connectivity index (χ0v) is 62.1. The highest BCUT2D eigenvalue weighted by Crippen LogP contribution is 2.24. The number of carbonyl (C=O) groups is 12. The number of hydrogen-bond donors (Lipinski definition) is 5. The molecule has 11 atom stereocenters. The van der Waals surface area contributed by atoms with E-state index in [-0.39, 0.29) is 56.5 Å². The van der Waals surface area contributed by atoms with Crippen LogP contribution in [0.4, 0.5) is 0 Å². The number of likely N-dealkylation sites (tertiary alicyclic amines) is 1. The second-order valence-electron chi connectivity index (χ2n) is 28.6. The van der Waals surface area contributed by atoms with Gasteiger partial charge in [0.25, 0.3) is 0 Å². The van der Waals surface area contributed by atoms with Gasteiger partial charge in [-0.25, -0.2) is 0 Å². The molecule has 0 bridgehead atoms. The van der Waals surface area contributed by atoms with E-state index >= 15 is 28.8 Å². The van der Waals surface area contributed by atoms with E-state index in [0.29, 0.717) is 43.5 Å². The lowest BCUT2D eigenvalue weighted by molar-refractivity contribution is -0.152.